The molecule has 18 heavy (non-hydrogen) atoms. The van der Waals surface area contributed by atoms with E-state index in [4.69, 9.17) is 0 Å². The van der Waals surface area contributed by atoms with Crippen molar-refractivity contribution in [1.82, 2.24) is 10.2 Å². The highest BCUT2D eigenvalue weighted by Gasteiger charge is 2.40. The molecule has 3 heteroatoms. The van der Waals surface area contributed by atoms with E-state index in [1.807, 2.05) is 0 Å². The van der Waals surface area contributed by atoms with Crippen LogP contribution in [-0.2, 0) is 0 Å². The minimum absolute atomic E-state index is 0. The zero-order valence-electron chi connectivity index (χ0n) is 12.6. The minimum Gasteiger partial charge on any atom is -0.316 e. The Kier molecular flexibility index (Phi) is 5.52. The third-order valence-corrected chi connectivity index (χ3v) is 5.22. The van der Waals surface area contributed by atoms with Crippen molar-refractivity contribution in [2.45, 2.75) is 59.4 Å². The maximum Gasteiger partial charge on any atom is 0.0147 e. The lowest BCUT2D eigenvalue weighted by molar-refractivity contribution is 0.0849. The van der Waals surface area contributed by atoms with Crippen LogP contribution in [0.4, 0.5) is 0 Å². The Bertz CT molecular complexity index is 259. The topological polar surface area (TPSA) is 15.3 Å². The van der Waals surface area contributed by atoms with Gasteiger partial charge in [0, 0.05) is 19.1 Å². The van der Waals surface area contributed by atoms with E-state index >= 15 is 0 Å². The summed E-state index contributed by atoms with van der Waals surface area (Å²) in [6, 6.07) is 0.810. The molecule has 0 aromatic rings. The molecule has 2 rings (SSSR count). The Morgan fingerprint density at radius 1 is 1.39 bits per heavy atom. The molecule has 2 fully saturated rings. The highest BCUT2D eigenvalue weighted by atomic mass is 35.5. The fourth-order valence-corrected chi connectivity index (χ4v) is 3.63. The SMILES string of the molecule is CCC(C)(C)C1CCCN1CC1(C)CCNC1.Cl. The molecule has 0 saturated carbocycles. The fraction of sp³-hybridized carbons (Fsp3) is 1.00. The summed E-state index contributed by atoms with van der Waals surface area (Å²) in [7, 11) is 0. The van der Waals surface area contributed by atoms with Crippen LogP contribution in [0, 0.1) is 10.8 Å². The smallest absolute Gasteiger partial charge is 0.0147 e. The average molecular weight is 275 g/mol. The quantitative estimate of drug-likeness (QED) is 0.846. The van der Waals surface area contributed by atoms with Gasteiger partial charge in [0.2, 0.25) is 0 Å². The average Bonchev–Trinajstić information content (AvgIpc) is 2.88. The van der Waals surface area contributed by atoms with Gasteiger partial charge in [-0.05, 0) is 49.6 Å². The first-order chi connectivity index (χ1) is 7.97. The monoisotopic (exact) mass is 274 g/mol. The molecule has 2 heterocycles. The molecule has 0 aromatic heterocycles. The fourth-order valence-electron chi connectivity index (χ4n) is 3.63. The molecule has 0 amide bonds. The zero-order valence-corrected chi connectivity index (χ0v) is 13.4. The van der Waals surface area contributed by atoms with Gasteiger partial charge in [0.05, 0.1) is 0 Å². The third kappa shape index (κ3) is 3.40. The lowest BCUT2D eigenvalue weighted by atomic mass is 9.79. The number of nitrogens with zero attached hydrogens (tertiary/aromatic N) is 1. The molecule has 2 aliphatic heterocycles. The van der Waals surface area contributed by atoms with Gasteiger partial charge < -0.3 is 5.32 Å². The Morgan fingerprint density at radius 2 is 2.11 bits per heavy atom. The van der Waals surface area contributed by atoms with Gasteiger partial charge in [0.25, 0.3) is 0 Å². The van der Waals surface area contributed by atoms with Crippen LogP contribution in [0.5, 0.6) is 0 Å². The summed E-state index contributed by atoms with van der Waals surface area (Å²) in [5, 5.41) is 3.53. The van der Waals surface area contributed by atoms with E-state index in [0.717, 1.165) is 6.04 Å². The molecule has 0 aliphatic carbocycles. The van der Waals surface area contributed by atoms with Gasteiger partial charge in [-0.25, -0.2) is 0 Å². The standard InChI is InChI=1S/C15H30N2.ClH/c1-5-14(2,3)13-7-6-10-17(13)12-15(4)8-9-16-11-15;/h13,16H,5-12H2,1-4H3;1H. The molecule has 2 saturated heterocycles. The summed E-state index contributed by atoms with van der Waals surface area (Å²) >= 11 is 0. The molecule has 2 nitrogen and oxygen atoms in total. The second-order valence-corrected chi connectivity index (χ2v) is 7.21. The summed E-state index contributed by atoms with van der Waals surface area (Å²) < 4.78 is 0. The van der Waals surface area contributed by atoms with Crippen molar-refractivity contribution >= 4 is 12.4 Å². The molecule has 0 spiro atoms. The second-order valence-electron chi connectivity index (χ2n) is 7.21. The highest BCUT2D eigenvalue weighted by Crippen LogP contribution is 2.38. The summed E-state index contributed by atoms with van der Waals surface area (Å²) in [4.78, 5) is 2.79. The molecule has 2 aliphatic rings. The number of nitrogens with one attached hydrogen (secondary N) is 1. The second kappa shape index (κ2) is 6.11. The van der Waals surface area contributed by atoms with Crippen LogP contribution in [0.1, 0.15) is 53.4 Å². The Balaban J connectivity index is 0.00000162. The van der Waals surface area contributed by atoms with E-state index in [1.54, 1.807) is 0 Å². The molecule has 0 radical (unpaired) electrons. The van der Waals surface area contributed by atoms with Crippen LogP contribution in [-0.4, -0.2) is 37.1 Å². The van der Waals surface area contributed by atoms with Crippen molar-refractivity contribution in [2.24, 2.45) is 10.8 Å². The molecule has 1 N–H and O–H groups in total. The molecular formula is C15H31ClN2. The number of likely N-dealkylation sites (tertiary alicyclic amines) is 1. The van der Waals surface area contributed by atoms with Gasteiger partial charge in [-0.2, -0.15) is 0 Å². The van der Waals surface area contributed by atoms with Gasteiger partial charge in [0.15, 0.2) is 0 Å². The summed E-state index contributed by atoms with van der Waals surface area (Å²) in [6.07, 6.45) is 5.45. The lowest BCUT2D eigenvalue weighted by Crippen LogP contribution is -2.46. The van der Waals surface area contributed by atoms with Gasteiger partial charge in [0.1, 0.15) is 0 Å². The maximum absolute atomic E-state index is 3.53. The van der Waals surface area contributed by atoms with E-state index < -0.39 is 0 Å². The normalized spacial score (nSPS) is 33.7. The Labute approximate surface area is 119 Å². The van der Waals surface area contributed by atoms with Crippen LogP contribution >= 0.6 is 12.4 Å². The zero-order chi connectivity index (χ0) is 12.5. The molecule has 0 bridgehead atoms. The third-order valence-electron chi connectivity index (χ3n) is 5.22. The Morgan fingerprint density at radius 3 is 2.67 bits per heavy atom. The first-order valence-electron chi connectivity index (χ1n) is 7.42. The van der Waals surface area contributed by atoms with Gasteiger partial charge in [-0.15, -0.1) is 12.4 Å². The van der Waals surface area contributed by atoms with Gasteiger partial charge >= 0.3 is 0 Å². The van der Waals surface area contributed by atoms with E-state index in [2.05, 4.69) is 37.9 Å². The number of halogens is 1. The summed E-state index contributed by atoms with van der Waals surface area (Å²) in [5.41, 5.74) is 1.01. The first-order valence-corrected chi connectivity index (χ1v) is 7.42. The molecule has 2 atom stereocenters. The van der Waals surface area contributed by atoms with Crippen LogP contribution in [0.2, 0.25) is 0 Å². The van der Waals surface area contributed by atoms with Crippen LogP contribution < -0.4 is 5.32 Å². The van der Waals surface area contributed by atoms with E-state index in [1.165, 1.54) is 51.9 Å². The van der Waals surface area contributed by atoms with E-state index in [9.17, 15) is 0 Å². The predicted molar refractivity (Wildman–Crippen MR) is 81.5 cm³/mol. The first kappa shape index (κ1) is 16.3. The van der Waals surface area contributed by atoms with Crippen molar-refractivity contribution in [2.75, 3.05) is 26.2 Å². The molecule has 2 unspecified atom stereocenters. The summed E-state index contributed by atoms with van der Waals surface area (Å²) in [5.74, 6) is 0. The number of hydrogen-bond donors (Lipinski definition) is 1. The van der Waals surface area contributed by atoms with Gasteiger partial charge in [-0.3, -0.25) is 4.90 Å². The van der Waals surface area contributed by atoms with Crippen LogP contribution in [0.15, 0.2) is 0 Å². The maximum atomic E-state index is 3.53. The van der Waals surface area contributed by atoms with Crippen molar-refractivity contribution < 1.29 is 0 Å². The largest absolute Gasteiger partial charge is 0.316 e. The number of rotatable bonds is 4. The highest BCUT2D eigenvalue weighted by molar-refractivity contribution is 5.85. The van der Waals surface area contributed by atoms with E-state index in [-0.39, 0.29) is 12.4 Å². The number of hydrogen-bond acceptors (Lipinski definition) is 2. The Hall–Kier alpha value is 0.210. The van der Waals surface area contributed by atoms with Crippen molar-refractivity contribution in [3.63, 3.8) is 0 Å². The predicted octanol–water partition coefficient (Wildman–Crippen LogP) is 3.31. The molecular weight excluding hydrogens is 244 g/mol. The van der Waals surface area contributed by atoms with Crippen LogP contribution in [0.3, 0.4) is 0 Å². The minimum atomic E-state index is 0. The summed E-state index contributed by atoms with van der Waals surface area (Å²) in [6.45, 7) is 14.7. The van der Waals surface area contributed by atoms with E-state index in [0.29, 0.717) is 10.8 Å². The van der Waals surface area contributed by atoms with Gasteiger partial charge in [-0.1, -0.05) is 27.7 Å². The van der Waals surface area contributed by atoms with Crippen molar-refractivity contribution in [3.05, 3.63) is 0 Å². The van der Waals surface area contributed by atoms with Crippen molar-refractivity contribution in [3.8, 4) is 0 Å². The van der Waals surface area contributed by atoms with Crippen molar-refractivity contribution in [1.29, 1.82) is 0 Å². The lowest BCUT2D eigenvalue weighted by Gasteiger charge is -2.40. The molecule has 108 valence electrons. The van der Waals surface area contributed by atoms with Crippen LogP contribution in [0.25, 0.3) is 0 Å². The molecule has 0 aromatic carbocycles.